The highest BCUT2D eigenvalue weighted by atomic mass is 16.5. The van der Waals surface area contributed by atoms with Gasteiger partial charge in [0.15, 0.2) is 17.5 Å². The molecule has 0 radical (unpaired) electrons. The second-order valence-corrected chi connectivity index (χ2v) is 6.33. The lowest BCUT2D eigenvalue weighted by molar-refractivity contribution is 0.416. The van der Waals surface area contributed by atoms with Crippen molar-refractivity contribution in [2.24, 2.45) is 0 Å². The molecule has 1 saturated carbocycles. The lowest BCUT2D eigenvalue weighted by Crippen LogP contribution is -2.00. The van der Waals surface area contributed by atoms with E-state index < -0.39 is 0 Å². The van der Waals surface area contributed by atoms with Gasteiger partial charge in [0.25, 0.3) is 0 Å². The van der Waals surface area contributed by atoms with Gasteiger partial charge in [0.05, 0.1) is 18.9 Å². The number of hydrogen-bond donors (Lipinski definition) is 3. The number of aromatic amines is 2. The van der Waals surface area contributed by atoms with Gasteiger partial charge in [-0.15, -0.1) is 0 Å². The summed E-state index contributed by atoms with van der Waals surface area (Å²) in [6, 6.07) is 9.71. The molecule has 0 amide bonds. The summed E-state index contributed by atoms with van der Waals surface area (Å²) in [5.74, 6) is 3.25. The van der Waals surface area contributed by atoms with Gasteiger partial charge in [-0.2, -0.15) is 10.2 Å². The van der Waals surface area contributed by atoms with Crippen LogP contribution >= 0.6 is 0 Å². The molecule has 130 valence electrons. The van der Waals surface area contributed by atoms with E-state index in [1.54, 1.807) is 13.3 Å². The van der Waals surface area contributed by atoms with Crippen molar-refractivity contribution in [1.82, 2.24) is 30.4 Å². The van der Waals surface area contributed by atoms with Gasteiger partial charge < -0.3 is 10.1 Å². The largest absolute Gasteiger partial charge is 0.496 e. The lowest BCUT2D eigenvalue weighted by atomic mass is 10.2. The molecule has 0 spiro atoms. The number of ether oxygens (including phenoxy) is 1. The van der Waals surface area contributed by atoms with Crippen LogP contribution < -0.4 is 10.1 Å². The molecule has 0 bridgehead atoms. The average molecular weight is 347 g/mol. The molecule has 1 aromatic carbocycles. The predicted molar refractivity (Wildman–Crippen MR) is 97.5 cm³/mol. The van der Waals surface area contributed by atoms with Gasteiger partial charge >= 0.3 is 0 Å². The van der Waals surface area contributed by atoms with Crippen LogP contribution in [0.1, 0.15) is 24.5 Å². The summed E-state index contributed by atoms with van der Waals surface area (Å²) < 4.78 is 5.45. The Labute approximate surface area is 149 Å². The standard InChI is InChI=1S/C18H17N7O/c1-26-14-5-3-2-4-11(14)17-20-13-9-19-25-16(13)18(22-17)21-15-8-12(23-24-15)10-6-7-10/h2-5,8-10H,6-7H2,1H3,(H,19,25)(H2,20,21,22,23,24). The van der Waals surface area contributed by atoms with Crippen molar-refractivity contribution in [2.45, 2.75) is 18.8 Å². The summed E-state index contributed by atoms with van der Waals surface area (Å²) in [5.41, 5.74) is 3.44. The van der Waals surface area contributed by atoms with Crippen molar-refractivity contribution < 1.29 is 4.74 Å². The van der Waals surface area contributed by atoms with Crippen LogP contribution in [-0.2, 0) is 0 Å². The van der Waals surface area contributed by atoms with Crippen LogP contribution in [0.4, 0.5) is 11.6 Å². The van der Waals surface area contributed by atoms with Crippen LogP contribution in [0.3, 0.4) is 0 Å². The second kappa shape index (κ2) is 5.83. The molecule has 3 aromatic heterocycles. The molecule has 0 aliphatic heterocycles. The zero-order valence-corrected chi connectivity index (χ0v) is 14.2. The van der Waals surface area contributed by atoms with E-state index in [9.17, 15) is 0 Å². The smallest absolute Gasteiger partial charge is 0.166 e. The van der Waals surface area contributed by atoms with Gasteiger partial charge in [-0.25, -0.2) is 9.97 Å². The Bertz CT molecular complexity index is 1080. The molecule has 8 nitrogen and oxygen atoms in total. The topological polar surface area (TPSA) is 104 Å². The van der Waals surface area contributed by atoms with E-state index in [0.717, 1.165) is 33.9 Å². The molecule has 8 heteroatoms. The summed E-state index contributed by atoms with van der Waals surface area (Å²) in [4.78, 5) is 9.30. The fourth-order valence-corrected chi connectivity index (χ4v) is 3.01. The van der Waals surface area contributed by atoms with Gasteiger partial charge in [-0.1, -0.05) is 12.1 Å². The summed E-state index contributed by atoms with van der Waals surface area (Å²) in [6.07, 6.45) is 4.12. The summed E-state index contributed by atoms with van der Waals surface area (Å²) in [5, 5.41) is 17.8. The normalized spacial score (nSPS) is 13.9. The number of benzene rings is 1. The molecule has 0 atom stereocenters. The Morgan fingerprint density at radius 2 is 2.04 bits per heavy atom. The van der Waals surface area contributed by atoms with Gasteiger partial charge in [0.2, 0.25) is 0 Å². The maximum Gasteiger partial charge on any atom is 0.166 e. The van der Waals surface area contributed by atoms with E-state index in [1.807, 2.05) is 30.3 Å². The number of hydrogen-bond acceptors (Lipinski definition) is 6. The Hall–Kier alpha value is -3.42. The maximum absolute atomic E-state index is 5.45. The van der Waals surface area contributed by atoms with E-state index in [2.05, 4.69) is 35.7 Å². The average Bonchev–Trinajstić information content (AvgIpc) is 3.23. The molecule has 5 rings (SSSR count). The number of fused-ring (bicyclic) bond motifs is 1. The van der Waals surface area contributed by atoms with Crippen LogP contribution in [0.25, 0.3) is 22.4 Å². The molecule has 0 saturated heterocycles. The first-order valence-corrected chi connectivity index (χ1v) is 8.48. The maximum atomic E-state index is 5.45. The van der Waals surface area contributed by atoms with Crippen LogP contribution in [0.2, 0.25) is 0 Å². The van der Waals surface area contributed by atoms with Crippen molar-refractivity contribution in [3.8, 4) is 17.1 Å². The third-order valence-corrected chi connectivity index (χ3v) is 4.51. The van der Waals surface area contributed by atoms with E-state index in [4.69, 9.17) is 4.74 Å². The molecule has 1 aliphatic rings. The van der Waals surface area contributed by atoms with Crippen LogP contribution in [0, 0.1) is 0 Å². The molecule has 26 heavy (non-hydrogen) atoms. The molecular formula is C18H17N7O. The van der Waals surface area contributed by atoms with Crippen LogP contribution in [0.5, 0.6) is 5.75 Å². The number of nitrogens with one attached hydrogen (secondary N) is 3. The molecule has 0 unspecified atom stereocenters. The lowest BCUT2D eigenvalue weighted by Gasteiger charge is -2.09. The minimum absolute atomic E-state index is 0.566. The Morgan fingerprint density at radius 1 is 1.15 bits per heavy atom. The van der Waals surface area contributed by atoms with Crippen LogP contribution in [0.15, 0.2) is 36.5 Å². The zero-order valence-electron chi connectivity index (χ0n) is 14.2. The van der Waals surface area contributed by atoms with Crippen LogP contribution in [-0.4, -0.2) is 37.5 Å². The summed E-state index contributed by atoms with van der Waals surface area (Å²) >= 11 is 0. The Kier molecular flexibility index (Phi) is 3.34. The number of aromatic nitrogens is 6. The van der Waals surface area contributed by atoms with E-state index in [0.29, 0.717) is 17.6 Å². The third kappa shape index (κ3) is 2.55. The number of H-pyrrole nitrogens is 2. The highest BCUT2D eigenvalue weighted by molar-refractivity contribution is 5.88. The first-order chi connectivity index (χ1) is 12.8. The van der Waals surface area contributed by atoms with Crippen molar-refractivity contribution in [3.63, 3.8) is 0 Å². The molecule has 3 N–H and O–H groups in total. The number of para-hydroxylation sites is 1. The number of anilines is 2. The second-order valence-electron chi connectivity index (χ2n) is 6.33. The molecule has 1 fully saturated rings. The quantitative estimate of drug-likeness (QED) is 0.511. The van der Waals surface area contributed by atoms with E-state index in [1.165, 1.54) is 12.8 Å². The predicted octanol–water partition coefficient (Wildman–Crippen LogP) is 3.37. The van der Waals surface area contributed by atoms with Crippen molar-refractivity contribution in [2.75, 3.05) is 12.4 Å². The number of methoxy groups -OCH3 is 1. The highest BCUT2D eigenvalue weighted by Gasteiger charge is 2.25. The molecular weight excluding hydrogens is 330 g/mol. The SMILES string of the molecule is COc1ccccc1-c1nc(Nc2cc(C3CC3)[nH]n2)c2[nH]ncc2n1. The highest BCUT2D eigenvalue weighted by Crippen LogP contribution is 2.40. The fraction of sp³-hybridized carbons (Fsp3) is 0.222. The van der Waals surface area contributed by atoms with Gasteiger partial charge in [0.1, 0.15) is 16.8 Å². The Morgan fingerprint density at radius 3 is 2.88 bits per heavy atom. The monoisotopic (exact) mass is 347 g/mol. The zero-order chi connectivity index (χ0) is 17.5. The molecule has 1 aliphatic carbocycles. The van der Waals surface area contributed by atoms with E-state index in [-0.39, 0.29) is 0 Å². The van der Waals surface area contributed by atoms with Gasteiger partial charge in [-0.3, -0.25) is 10.2 Å². The minimum atomic E-state index is 0.566. The summed E-state index contributed by atoms with van der Waals surface area (Å²) in [6.45, 7) is 0. The third-order valence-electron chi connectivity index (χ3n) is 4.51. The number of rotatable bonds is 5. The molecule has 3 heterocycles. The van der Waals surface area contributed by atoms with Gasteiger partial charge in [-0.05, 0) is 25.0 Å². The Balaban J connectivity index is 1.58. The van der Waals surface area contributed by atoms with Crippen molar-refractivity contribution >= 4 is 22.7 Å². The van der Waals surface area contributed by atoms with E-state index >= 15 is 0 Å². The fourth-order valence-electron chi connectivity index (χ4n) is 3.01. The minimum Gasteiger partial charge on any atom is -0.496 e. The van der Waals surface area contributed by atoms with Crippen molar-refractivity contribution in [3.05, 3.63) is 42.2 Å². The number of nitrogens with zero attached hydrogens (tertiary/aromatic N) is 4. The molecule has 4 aromatic rings. The van der Waals surface area contributed by atoms with Crippen molar-refractivity contribution in [1.29, 1.82) is 0 Å². The first kappa shape index (κ1) is 14.9. The van der Waals surface area contributed by atoms with Gasteiger partial charge in [0, 0.05) is 17.7 Å². The first-order valence-electron chi connectivity index (χ1n) is 8.48. The summed E-state index contributed by atoms with van der Waals surface area (Å²) in [7, 11) is 1.64.